The molecule has 2 aromatic rings. The van der Waals surface area contributed by atoms with Crippen LogP contribution in [0.5, 0.6) is 11.5 Å². The van der Waals surface area contributed by atoms with E-state index in [2.05, 4.69) is 10.1 Å². The van der Waals surface area contributed by atoms with Crippen LogP contribution in [0.2, 0.25) is 0 Å². The van der Waals surface area contributed by atoms with Gasteiger partial charge in [-0.1, -0.05) is 0 Å². The Morgan fingerprint density at radius 3 is 2.23 bits per heavy atom. The van der Waals surface area contributed by atoms with Crippen LogP contribution in [0.25, 0.3) is 0 Å². The molecular weight excluding hydrogens is 445 g/mol. The van der Waals surface area contributed by atoms with Gasteiger partial charge in [0.1, 0.15) is 16.4 Å². The lowest BCUT2D eigenvalue weighted by atomic mass is 10.2. The SMILES string of the molecule is COc1ccc(C(=O)OC(C)C(=O)Nc2ccc(OC(F)(F)F)cc2)cc1S(N)(=O)=O. The number of anilines is 1. The summed E-state index contributed by atoms with van der Waals surface area (Å²) >= 11 is 0. The monoisotopic (exact) mass is 462 g/mol. The third-order valence-corrected chi connectivity index (χ3v) is 4.65. The molecule has 0 spiro atoms. The lowest BCUT2D eigenvalue weighted by molar-refractivity contribution is -0.274. The van der Waals surface area contributed by atoms with Crippen LogP contribution in [0.3, 0.4) is 0 Å². The number of rotatable bonds is 7. The molecule has 3 N–H and O–H groups in total. The number of halogens is 3. The normalized spacial score (nSPS) is 12.6. The number of hydrogen-bond acceptors (Lipinski definition) is 7. The molecule has 1 unspecified atom stereocenters. The van der Waals surface area contributed by atoms with E-state index in [1.54, 1.807) is 0 Å². The van der Waals surface area contributed by atoms with Crippen molar-refractivity contribution >= 4 is 27.6 Å². The second kappa shape index (κ2) is 9.22. The standard InChI is InChI=1S/C18H17F3N2O7S/c1-10(16(24)23-12-4-6-13(7-5-12)30-18(19,20)21)29-17(25)11-3-8-14(28-2)15(9-11)31(22,26)27/h3-10H,1-2H3,(H,23,24)(H2,22,26,27). The summed E-state index contributed by atoms with van der Waals surface area (Å²) in [7, 11) is -2.98. The van der Waals surface area contributed by atoms with Crippen LogP contribution in [0, 0.1) is 0 Å². The maximum absolute atomic E-state index is 12.3. The average molecular weight is 462 g/mol. The molecule has 0 saturated carbocycles. The molecule has 0 aromatic heterocycles. The third kappa shape index (κ3) is 6.86. The number of ether oxygens (including phenoxy) is 3. The molecule has 0 aliphatic rings. The zero-order valence-electron chi connectivity index (χ0n) is 16.1. The predicted molar refractivity (Wildman–Crippen MR) is 101 cm³/mol. The topological polar surface area (TPSA) is 134 Å². The molecule has 0 heterocycles. The second-order valence-electron chi connectivity index (χ2n) is 6.02. The number of benzene rings is 2. The number of carbonyl (C=O) groups excluding carboxylic acids is 2. The van der Waals surface area contributed by atoms with Crippen molar-refractivity contribution in [3.05, 3.63) is 48.0 Å². The van der Waals surface area contributed by atoms with Crippen molar-refractivity contribution in [3.63, 3.8) is 0 Å². The van der Waals surface area contributed by atoms with Gasteiger partial charge in [-0.3, -0.25) is 4.79 Å². The number of primary sulfonamides is 1. The highest BCUT2D eigenvalue weighted by Crippen LogP contribution is 2.25. The Labute approximate surface area is 174 Å². The van der Waals surface area contributed by atoms with E-state index in [0.29, 0.717) is 0 Å². The Kier molecular flexibility index (Phi) is 7.13. The Morgan fingerprint density at radius 2 is 1.71 bits per heavy atom. The minimum Gasteiger partial charge on any atom is -0.495 e. The van der Waals surface area contributed by atoms with Crippen LogP contribution < -0.4 is 19.9 Å². The molecule has 0 radical (unpaired) electrons. The lowest BCUT2D eigenvalue weighted by Crippen LogP contribution is -2.30. The maximum Gasteiger partial charge on any atom is 0.573 e. The van der Waals surface area contributed by atoms with Gasteiger partial charge in [-0.15, -0.1) is 13.2 Å². The summed E-state index contributed by atoms with van der Waals surface area (Å²) in [5.74, 6) is -2.35. The van der Waals surface area contributed by atoms with Crippen LogP contribution in [0.15, 0.2) is 47.4 Å². The third-order valence-electron chi connectivity index (χ3n) is 3.71. The molecule has 13 heteroatoms. The Bertz CT molecular complexity index is 1070. The molecule has 168 valence electrons. The zero-order chi connectivity index (χ0) is 23.4. The number of sulfonamides is 1. The van der Waals surface area contributed by atoms with E-state index in [1.165, 1.54) is 26.2 Å². The fraction of sp³-hybridized carbons (Fsp3) is 0.222. The summed E-state index contributed by atoms with van der Waals surface area (Å²) in [4.78, 5) is 24.0. The molecule has 0 fully saturated rings. The first-order valence-corrected chi connectivity index (χ1v) is 9.93. The Balaban J connectivity index is 2.05. The summed E-state index contributed by atoms with van der Waals surface area (Å²) in [6, 6.07) is 7.68. The quantitative estimate of drug-likeness (QED) is 0.604. The average Bonchev–Trinajstić information content (AvgIpc) is 2.67. The van der Waals surface area contributed by atoms with Gasteiger partial charge in [0.05, 0.1) is 12.7 Å². The summed E-state index contributed by atoms with van der Waals surface area (Å²) < 4.78 is 73.4. The van der Waals surface area contributed by atoms with E-state index in [-0.39, 0.29) is 17.0 Å². The minimum absolute atomic E-state index is 0.0807. The molecule has 0 aliphatic carbocycles. The largest absolute Gasteiger partial charge is 0.573 e. The van der Waals surface area contributed by atoms with Crippen molar-refractivity contribution in [1.29, 1.82) is 0 Å². The van der Waals surface area contributed by atoms with Gasteiger partial charge in [0.25, 0.3) is 5.91 Å². The van der Waals surface area contributed by atoms with E-state index in [9.17, 15) is 31.2 Å². The molecule has 1 atom stereocenters. The van der Waals surface area contributed by atoms with E-state index < -0.39 is 45.0 Å². The zero-order valence-corrected chi connectivity index (χ0v) is 16.9. The summed E-state index contributed by atoms with van der Waals surface area (Å²) in [6.45, 7) is 1.25. The number of nitrogens with one attached hydrogen (secondary N) is 1. The lowest BCUT2D eigenvalue weighted by Gasteiger charge is -2.15. The number of methoxy groups -OCH3 is 1. The molecule has 1 amide bonds. The summed E-state index contributed by atoms with van der Waals surface area (Å²) in [5.41, 5.74) is -0.0680. The fourth-order valence-corrected chi connectivity index (χ4v) is 3.01. The van der Waals surface area contributed by atoms with Crippen LogP contribution in [0.1, 0.15) is 17.3 Å². The van der Waals surface area contributed by atoms with Gasteiger partial charge in [0, 0.05) is 5.69 Å². The Morgan fingerprint density at radius 1 is 1.10 bits per heavy atom. The second-order valence-corrected chi connectivity index (χ2v) is 7.55. The minimum atomic E-state index is -4.85. The van der Waals surface area contributed by atoms with Crippen molar-refractivity contribution in [1.82, 2.24) is 0 Å². The number of hydrogen-bond donors (Lipinski definition) is 2. The highest BCUT2D eigenvalue weighted by atomic mass is 32.2. The van der Waals surface area contributed by atoms with Crippen LogP contribution >= 0.6 is 0 Å². The highest BCUT2D eigenvalue weighted by Gasteiger charge is 2.31. The number of carbonyl (C=O) groups is 2. The van der Waals surface area contributed by atoms with Crippen LogP contribution in [0.4, 0.5) is 18.9 Å². The van der Waals surface area contributed by atoms with Gasteiger partial charge in [-0.25, -0.2) is 18.4 Å². The fourth-order valence-electron chi connectivity index (χ4n) is 2.29. The van der Waals surface area contributed by atoms with Crippen molar-refractivity contribution in [3.8, 4) is 11.5 Å². The smallest absolute Gasteiger partial charge is 0.495 e. The molecular formula is C18H17F3N2O7S. The first-order chi connectivity index (χ1) is 14.3. The highest BCUT2D eigenvalue weighted by molar-refractivity contribution is 7.89. The number of nitrogens with two attached hydrogens (primary N) is 1. The van der Waals surface area contributed by atoms with Gasteiger partial charge in [0.15, 0.2) is 6.10 Å². The predicted octanol–water partition coefficient (Wildman–Crippen LogP) is 2.43. The molecule has 31 heavy (non-hydrogen) atoms. The maximum atomic E-state index is 12.3. The molecule has 9 nitrogen and oxygen atoms in total. The first-order valence-electron chi connectivity index (χ1n) is 8.38. The van der Waals surface area contributed by atoms with Gasteiger partial charge in [-0.2, -0.15) is 0 Å². The van der Waals surface area contributed by atoms with Gasteiger partial charge >= 0.3 is 12.3 Å². The van der Waals surface area contributed by atoms with Gasteiger partial charge in [0.2, 0.25) is 10.0 Å². The summed E-state index contributed by atoms with van der Waals surface area (Å²) in [6.07, 6.45) is -6.17. The molecule has 0 saturated heterocycles. The first kappa shape index (κ1) is 24.0. The van der Waals surface area contributed by atoms with E-state index >= 15 is 0 Å². The Hall–Kier alpha value is -3.32. The van der Waals surface area contributed by atoms with Crippen LogP contribution in [-0.2, 0) is 19.6 Å². The molecule has 2 aromatic carbocycles. The van der Waals surface area contributed by atoms with Crippen molar-refractivity contribution in [2.24, 2.45) is 5.14 Å². The molecule has 0 bridgehead atoms. The number of alkyl halides is 3. The van der Waals surface area contributed by atoms with Crippen molar-refractivity contribution in [2.75, 3.05) is 12.4 Å². The summed E-state index contributed by atoms with van der Waals surface area (Å²) in [5, 5.41) is 7.44. The molecule has 0 aliphatic heterocycles. The van der Waals surface area contributed by atoms with Crippen molar-refractivity contribution in [2.45, 2.75) is 24.3 Å². The van der Waals surface area contributed by atoms with Gasteiger partial charge in [-0.05, 0) is 49.4 Å². The molecule has 2 rings (SSSR count). The van der Waals surface area contributed by atoms with E-state index in [1.807, 2.05) is 0 Å². The number of esters is 1. The van der Waals surface area contributed by atoms with Crippen molar-refractivity contribution < 1.29 is 45.4 Å². The van der Waals surface area contributed by atoms with Gasteiger partial charge < -0.3 is 19.5 Å². The van der Waals surface area contributed by atoms with E-state index in [0.717, 1.165) is 30.3 Å². The van der Waals surface area contributed by atoms with E-state index in [4.69, 9.17) is 14.6 Å². The van der Waals surface area contributed by atoms with Crippen LogP contribution in [-0.4, -0.2) is 39.9 Å². The number of amides is 1.